The van der Waals surface area contributed by atoms with Gasteiger partial charge in [-0.15, -0.1) is 0 Å². The van der Waals surface area contributed by atoms with Gasteiger partial charge in [-0.1, -0.05) is 39.3 Å². The second-order valence-corrected chi connectivity index (χ2v) is 15.2. The summed E-state index contributed by atoms with van der Waals surface area (Å²) in [7, 11) is 0. The Labute approximate surface area is 241 Å². The van der Waals surface area contributed by atoms with E-state index in [1.165, 1.54) is 57.1 Å². The number of aliphatic hydroxyl groups is 4. The molecule has 2 aliphatic heterocycles. The van der Waals surface area contributed by atoms with Gasteiger partial charge in [-0.05, 0) is 117 Å². The maximum Gasteiger partial charge on any atom is 0.186 e. The molecule has 7 heteroatoms. The Balaban J connectivity index is 1.13. The van der Waals surface area contributed by atoms with Crippen molar-refractivity contribution in [2.24, 2.45) is 46.3 Å². The van der Waals surface area contributed by atoms with Gasteiger partial charge in [0, 0.05) is 6.04 Å². The molecule has 6 aliphatic rings. The minimum Gasteiger partial charge on any atom is -0.394 e. The first-order valence-electron chi connectivity index (χ1n) is 16.5. The zero-order chi connectivity index (χ0) is 28.4. The first-order chi connectivity index (χ1) is 19.1. The van der Waals surface area contributed by atoms with Crippen molar-refractivity contribution in [3.63, 3.8) is 0 Å². The van der Waals surface area contributed by atoms with Gasteiger partial charge in [0.15, 0.2) is 6.29 Å². The van der Waals surface area contributed by atoms with Gasteiger partial charge in [0.2, 0.25) is 0 Å². The van der Waals surface area contributed by atoms with Gasteiger partial charge in [0.1, 0.15) is 24.4 Å². The van der Waals surface area contributed by atoms with E-state index >= 15 is 0 Å². The number of hydrogen-bond donors (Lipinski definition) is 5. The van der Waals surface area contributed by atoms with Crippen LogP contribution in [0.1, 0.15) is 91.9 Å². The van der Waals surface area contributed by atoms with Crippen LogP contribution in [0.5, 0.6) is 0 Å². The quantitative estimate of drug-likeness (QED) is 0.325. The van der Waals surface area contributed by atoms with Gasteiger partial charge in [-0.25, -0.2) is 0 Å². The van der Waals surface area contributed by atoms with E-state index in [0.717, 1.165) is 54.8 Å². The second-order valence-electron chi connectivity index (χ2n) is 15.2. The van der Waals surface area contributed by atoms with E-state index < -0.39 is 37.3 Å². The molecule has 4 aliphatic carbocycles. The van der Waals surface area contributed by atoms with E-state index in [0.29, 0.717) is 11.5 Å². The van der Waals surface area contributed by atoms with Gasteiger partial charge in [-0.2, -0.15) is 0 Å². The van der Waals surface area contributed by atoms with Crippen molar-refractivity contribution in [2.45, 2.75) is 135 Å². The fourth-order valence-corrected chi connectivity index (χ4v) is 10.8. The third-order valence-electron chi connectivity index (χ3n) is 13.3. The SMILES string of the molecule is C[C@H]1CC[C@@H]([C@@H](C)[C@H]2CC[C@H]3[C@@H]4CC=C5C[C@@H](O[C@@H]6O[C@H](CO)[C@H](O)[C@H](O)[C@H]6O)CC[C@]5(C)[C@H]4CC[C@@]23C)NC1. The Morgan fingerprint density at radius 3 is 2.52 bits per heavy atom. The van der Waals surface area contributed by atoms with E-state index in [4.69, 9.17) is 9.47 Å². The standard InChI is InChI=1S/C33H55NO6/c1-18-5-10-26(34-16-18)19(2)23-8-9-24-22-7-6-20-15-21(11-13-32(20,3)25(22)12-14-33(23,24)4)39-31-30(38)29(37)28(36)27(17-35)40-31/h6,18-19,21-31,34-38H,5,7-17H2,1-4H3/t18-,19-,21-,22-,23+,24-,25-,26-,27+,28-,29-,30+,31+,32-,33-/m0/s1. The first-order valence-corrected chi connectivity index (χ1v) is 16.5. The van der Waals surface area contributed by atoms with Crippen molar-refractivity contribution in [3.05, 3.63) is 11.6 Å². The average Bonchev–Trinajstić information content (AvgIpc) is 3.30. The number of allylic oxidation sites excluding steroid dienone is 1. The molecule has 0 spiro atoms. The summed E-state index contributed by atoms with van der Waals surface area (Å²) in [6.07, 6.45) is 8.47. The van der Waals surface area contributed by atoms with Crippen LogP contribution in [0, 0.1) is 46.3 Å². The highest BCUT2D eigenvalue weighted by Gasteiger charge is 2.60. The molecule has 5 fully saturated rings. The van der Waals surface area contributed by atoms with Gasteiger partial charge in [-0.3, -0.25) is 0 Å². The third-order valence-corrected chi connectivity index (χ3v) is 13.3. The molecule has 6 rings (SSSR count). The van der Waals surface area contributed by atoms with E-state index in [2.05, 4.69) is 39.1 Å². The van der Waals surface area contributed by atoms with Gasteiger partial charge in [0.25, 0.3) is 0 Å². The number of rotatable bonds is 5. The van der Waals surface area contributed by atoms with Gasteiger partial charge in [0.05, 0.1) is 12.7 Å². The van der Waals surface area contributed by atoms with E-state index in [-0.39, 0.29) is 11.5 Å². The molecule has 2 heterocycles. The van der Waals surface area contributed by atoms with Crippen LogP contribution in [0.3, 0.4) is 0 Å². The third kappa shape index (κ3) is 4.84. The summed E-state index contributed by atoms with van der Waals surface area (Å²) in [4.78, 5) is 0. The average molecular weight is 562 g/mol. The smallest absolute Gasteiger partial charge is 0.186 e. The Bertz CT molecular complexity index is 934. The molecular weight excluding hydrogens is 506 g/mol. The minimum atomic E-state index is -1.40. The van der Waals surface area contributed by atoms with Crippen LogP contribution in [0.15, 0.2) is 11.6 Å². The van der Waals surface area contributed by atoms with Crippen LogP contribution >= 0.6 is 0 Å². The molecule has 7 nitrogen and oxygen atoms in total. The zero-order valence-corrected chi connectivity index (χ0v) is 25.2. The molecule has 3 saturated carbocycles. The van der Waals surface area contributed by atoms with Crippen molar-refractivity contribution >= 4 is 0 Å². The lowest BCUT2D eigenvalue weighted by molar-refractivity contribution is -0.313. The van der Waals surface area contributed by atoms with Crippen LogP contribution < -0.4 is 5.32 Å². The largest absolute Gasteiger partial charge is 0.394 e. The van der Waals surface area contributed by atoms with Crippen LogP contribution in [0.25, 0.3) is 0 Å². The summed E-state index contributed by atoms with van der Waals surface area (Å²) in [5.41, 5.74) is 2.15. The van der Waals surface area contributed by atoms with Crippen molar-refractivity contribution < 1.29 is 29.9 Å². The van der Waals surface area contributed by atoms with Crippen LogP contribution in [-0.2, 0) is 9.47 Å². The molecule has 0 unspecified atom stereocenters. The first kappa shape index (κ1) is 29.5. The van der Waals surface area contributed by atoms with E-state index in [1.54, 1.807) is 0 Å². The highest BCUT2D eigenvalue weighted by atomic mass is 16.7. The molecule has 15 atom stereocenters. The van der Waals surface area contributed by atoms with Gasteiger partial charge >= 0.3 is 0 Å². The van der Waals surface area contributed by atoms with E-state index in [9.17, 15) is 20.4 Å². The predicted octanol–water partition coefficient (Wildman–Crippen LogP) is 3.77. The molecule has 0 radical (unpaired) electrons. The summed E-state index contributed by atoms with van der Waals surface area (Å²) in [6, 6.07) is 0.684. The number of aliphatic hydroxyl groups excluding tert-OH is 4. The van der Waals surface area contributed by atoms with Crippen LogP contribution in [-0.4, -0.2) is 76.4 Å². The Morgan fingerprint density at radius 1 is 1.00 bits per heavy atom. The molecule has 0 aromatic carbocycles. The summed E-state index contributed by atoms with van der Waals surface area (Å²) < 4.78 is 11.9. The molecule has 0 aromatic rings. The summed E-state index contributed by atoms with van der Waals surface area (Å²) in [6.45, 7) is 10.8. The molecular formula is C33H55NO6. The minimum absolute atomic E-state index is 0.103. The molecule has 0 bridgehead atoms. The second kappa shape index (κ2) is 11.2. The lowest BCUT2D eigenvalue weighted by Gasteiger charge is -2.59. The maximum absolute atomic E-state index is 10.5. The number of ether oxygens (including phenoxy) is 2. The topological polar surface area (TPSA) is 111 Å². The maximum atomic E-state index is 10.5. The highest BCUT2D eigenvalue weighted by Crippen LogP contribution is 2.67. The summed E-state index contributed by atoms with van der Waals surface area (Å²) >= 11 is 0. The van der Waals surface area contributed by atoms with Crippen molar-refractivity contribution in [3.8, 4) is 0 Å². The van der Waals surface area contributed by atoms with Crippen molar-refractivity contribution in [2.75, 3.05) is 13.2 Å². The van der Waals surface area contributed by atoms with Crippen LogP contribution in [0.2, 0.25) is 0 Å². The van der Waals surface area contributed by atoms with E-state index in [1.807, 2.05) is 0 Å². The molecule has 40 heavy (non-hydrogen) atoms. The van der Waals surface area contributed by atoms with Crippen LogP contribution in [0.4, 0.5) is 0 Å². The fraction of sp³-hybridized carbons (Fsp3) is 0.939. The number of piperidine rings is 1. The van der Waals surface area contributed by atoms with Gasteiger partial charge < -0.3 is 35.2 Å². The number of nitrogens with one attached hydrogen (secondary N) is 1. The fourth-order valence-electron chi connectivity index (χ4n) is 10.8. The lowest BCUT2D eigenvalue weighted by atomic mass is 9.47. The highest BCUT2D eigenvalue weighted by molar-refractivity contribution is 5.25. The molecule has 2 saturated heterocycles. The molecule has 0 amide bonds. The molecule has 228 valence electrons. The Hall–Kier alpha value is -0.540. The summed E-state index contributed by atoms with van der Waals surface area (Å²) in [5, 5.41) is 44.3. The Kier molecular flexibility index (Phi) is 8.26. The lowest BCUT2D eigenvalue weighted by Crippen LogP contribution is -2.60. The monoisotopic (exact) mass is 561 g/mol. The normalized spacial score (nSPS) is 53.6. The predicted molar refractivity (Wildman–Crippen MR) is 153 cm³/mol. The summed E-state index contributed by atoms with van der Waals surface area (Å²) in [5.74, 6) is 4.70. The number of fused-ring (bicyclic) bond motifs is 5. The van der Waals surface area contributed by atoms with Crippen molar-refractivity contribution in [1.29, 1.82) is 0 Å². The zero-order valence-electron chi connectivity index (χ0n) is 25.2. The van der Waals surface area contributed by atoms with Crippen molar-refractivity contribution in [1.82, 2.24) is 5.32 Å². The molecule has 5 N–H and O–H groups in total. The molecule has 0 aromatic heterocycles. The number of hydrogen-bond acceptors (Lipinski definition) is 7. The Morgan fingerprint density at radius 2 is 1.80 bits per heavy atom.